The normalized spacial score (nSPS) is 20.9. The molecule has 1 fully saturated rings. The van der Waals surface area contributed by atoms with E-state index in [0.717, 1.165) is 37.8 Å². The number of nitrogens with zero attached hydrogens (tertiary/aromatic N) is 6. The molecule has 2 aromatic rings. The van der Waals surface area contributed by atoms with Gasteiger partial charge in [-0.1, -0.05) is 6.92 Å². The maximum atomic E-state index is 4.51. The molecule has 3 heterocycles. The number of rotatable bonds is 4. The summed E-state index contributed by atoms with van der Waals surface area (Å²) in [5.74, 6) is 2.54. The lowest BCUT2D eigenvalue weighted by Gasteiger charge is -2.39. The Kier molecular flexibility index (Phi) is 5.75. The van der Waals surface area contributed by atoms with Crippen LogP contribution < -0.4 is 10.2 Å². The van der Waals surface area contributed by atoms with Crippen LogP contribution in [-0.4, -0.2) is 59.6 Å². The van der Waals surface area contributed by atoms with Gasteiger partial charge in [0.1, 0.15) is 5.82 Å². The summed E-state index contributed by atoms with van der Waals surface area (Å²) in [5, 5.41) is 3.51. The van der Waals surface area contributed by atoms with Gasteiger partial charge in [-0.15, -0.1) is 0 Å². The molecule has 2 unspecified atom stereocenters. The zero-order valence-corrected chi connectivity index (χ0v) is 16.1. The predicted octanol–water partition coefficient (Wildman–Crippen LogP) is 2.00. The van der Waals surface area contributed by atoms with Crippen molar-refractivity contribution in [2.24, 2.45) is 10.9 Å². The minimum Gasteiger partial charge on any atom is -0.363 e. The number of piperidine rings is 1. The maximum Gasteiger partial charge on any atom is 0.193 e. The summed E-state index contributed by atoms with van der Waals surface area (Å²) in [5.41, 5.74) is 1.20. The van der Waals surface area contributed by atoms with E-state index < -0.39 is 0 Å². The summed E-state index contributed by atoms with van der Waals surface area (Å²) >= 11 is 0. The first kappa shape index (κ1) is 18.2. The molecule has 140 valence electrons. The molecule has 1 aliphatic heterocycles. The molecule has 0 aliphatic carbocycles. The van der Waals surface area contributed by atoms with Gasteiger partial charge in [0, 0.05) is 59.4 Å². The number of pyridine rings is 1. The number of aromatic nitrogens is 3. The van der Waals surface area contributed by atoms with Gasteiger partial charge in [-0.25, -0.2) is 9.97 Å². The first-order chi connectivity index (χ1) is 12.6. The van der Waals surface area contributed by atoms with E-state index in [4.69, 9.17) is 0 Å². The zero-order chi connectivity index (χ0) is 18.5. The minimum absolute atomic E-state index is 0.422. The molecular formula is C19H29N7. The van der Waals surface area contributed by atoms with Crippen LogP contribution in [0.2, 0.25) is 0 Å². The van der Waals surface area contributed by atoms with Crippen molar-refractivity contribution in [3.63, 3.8) is 0 Å². The quantitative estimate of drug-likeness (QED) is 0.671. The lowest BCUT2D eigenvalue weighted by atomic mass is 9.93. The van der Waals surface area contributed by atoms with Crippen molar-refractivity contribution < 1.29 is 0 Å². The standard InChI is InChI=1S/C19H29N7/c1-15-6-9-25(13-17(15)26-10-8-21-14-26)19(20-2)23-12-16-5-7-22-18(11-16)24(3)4/h5,7-8,10-11,14-15,17H,6,9,12-13H2,1-4H3,(H,20,23). The van der Waals surface area contributed by atoms with Crippen molar-refractivity contribution in [1.29, 1.82) is 0 Å². The highest BCUT2D eigenvalue weighted by Crippen LogP contribution is 2.27. The van der Waals surface area contributed by atoms with Crippen LogP contribution in [0.3, 0.4) is 0 Å². The van der Waals surface area contributed by atoms with Gasteiger partial charge < -0.3 is 19.7 Å². The van der Waals surface area contributed by atoms with Crippen LogP contribution in [0.1, 0.15) is 24.9 Å². The number of likely N-dealkylation sites (tertiary alicyclic amines) is 1. The fourth-order valence-corrected chi connectivity index (χ4v) is 3.42. The molecule has 2 atom stereocenters. The van der Waals surface area contributed by atoms with E-state index in [1.807, 2.05) is 50.8 Å². The average molecular weight is 355 g/mol. The Morgan fingerprint density at radius 2 is 2.23 bits per heavy atom. The number of imidazole rings is 1. The second kappa shape index (κ2) is 8.21. The zero-order valence-electron chi connectivity index (χ0n) is 16.1. The summed E-state index contributed by atoms with van der Waals surface area (Å²) in [7, 11) is 5.86. The molecule has 3 rings (SSSR count). The van der Waals surface area contributed by atoms with Gasteiger partial charge >= 0.3 is 0 Å². The van der Waals surface area contributed by atoms with Crippen molar-refractivity contribution in [3.05, 3.63) is 42.6 Å². The number of nitrogens with one attached hydrogen (secondary N) is 1. The van der Waals surface area contributed by atoms with Crippen molar-refractivity contribution in [1.82, 2.24) is 24.8 Å². The Morgan fingerprint density at radius 3 is 2.92 bits per heavy atom. The second-order valence-corrected chi connectivity index (χ2v) is 7.11. The first-order valence-electron chi connectivity index (χ1n) is 9.13. The van der Waals surface area contributed by atoms with Gasteiger partial charge in [-0.2, -0.15) is 0 Å². The second-order valence-electron chi connectivity index (χ2n) is 7.11. The van der Waals surface area contributed by atoms with Gasteiger partial charge in [0.15, 0.2) is 5.96 Å². The van der Waals surface area contributed by atoms with Gasteiger partial charge in [0.25, 0.3) is 0 Å². The van der Waals surface area contributed by atoms with E-state index in [2.05, 4.69) is 48.9 Å². The van der Waals surface area contributed by atoms with E-state index in [1.165, 1.54) is 5.56 Å². The molecule has 0 saturated carbocycles. The third-order valence-corrected chi connectivity index (χ3v) is 5.06. The summed E-state index contributed by atoms with van der Waals surface area (Å²) in [6.45, 7) is 5.01. The number of guanidine groups is 1. The molecule has 7 heteroatoms. The highest BCUT2D eigenvalue weighted by molar-refractivity contribution is 5.80. The van der Waals surface area contributed by atoms with Crippen molar-refractivity contribution >= 4 is 11.8 Å². The van der Waals surface area contributed by atoms with E-state index in [-0.39, 0.29) is 0 Å². The predicted molar refractivity (Wildman–Crippen MR) is 105 cm³/mol. The summed E-state index contributed by atoms with van der Waals surface area (Å²) in [4.78, 5) is 17.4. The smallest absolute Gasteiger partial charge is 0.193 e. The third-order valence-electron chi connectivity index (χ3n) is 5.06. The van der Waals surface area contributed by atoms with Crippen LogP contribution in [0.5, 0.6) is 0 Å². The molecule has 0 spiro atoms. The lowest BCUT2D eigenvalue weighted by molar-refractivity contribution is 0.189. The fraction of sp³-hybridized carbons (Fsp3) is 0.526. The lowest BCUT2D eigenvalue weighted by Crippen LogP contribution is -2.48. The number of hydrogen-bond acceptors (Lipinski definition) is 4. The molecule has 0 radical (unpaired) electrons. The summed E-state index contributed by atoms with van der Waals surface area (Å²) in [6, 6.07) is 4.57. The van der Waals surface area contributed by atoms with Gasteiger partial charge in [-0.05, 0) is 30.0 Å². The van der Waals surface area contributed by atoms with Gasteiger partial charge in [-0.3, -0.25) is 4.99 Å². The molecule has 1 N–H and O–H groups in total. The Labute approximate surface area is 155 Å². The topological polar surface area (TPSA) is 61.6 Å². The SMILES string of the molecule is CN=C(NCc1ccnc(N(C)C)c1)N1CCC(C)C(n2ccnc2)C1. The van der Waals surface area contributed by atoms with Crippen LogP contribution in [0.25, 0.3) is 0 Å². The van der Waals surface area contributed by atoms with Crippen LogP contribution in [0.4, 0.5) is 5.82 Å². The van der Waals surface area contributed by atoms with Crippen LogP contribution in [-0.2, 0) is 6.54 Å². The van der Waals surface area contributed by atoms with Crippen LogP contribution in [0.15, 0.2) is 42.0 Å². The van der Waals surface area contributed by atoms with Crippen molar-refractivity contribution in [3.8, 4) is 0 Å². The molecule has 2 aromatic heterocycles. The molecule has 0 amide bonds. The van der Waals surface area contributed by atoms with Gasteiger partial charge in [0.2, 0.25) is 0 Å². The first-order valence-corrected chi connectivity index (χ1v) is 9.13. The Hall–Kier alpha value is -2.57. The Balaban J connectivity index is 1.64. The van der Waals surface area contributed by atoms with Crippen molar-refractivity contribution in [2.75, 3.05) is 39.1 Å². The monoisotopic (exact) mass is 355 g/mol. The summed E-state index contributed by atoms with van der Waals surface area (Å²) < 4.78 is 2.22. The molecule has 0 bridgehead atoms. The summed E-state index contributed by atoms with van der Waals surface area (Å²) in [6.07, 6.45) is 8.82. The van der Waals surface area contributed by atoms with Gasteiger partial charge in [0.05, 0.1) is 12.4 Å². The number of anilines is 1. The van der Waals surface area contributed by atoms with Crippen LogP contribution in [0, 0.1) is 5.92 Å². The average Bonchev–Trinajstić information content (AvgIpc) is 3.18. The highest BCUT2D eigenvalue weighted by Gasteiger charge is 2.28. The van der Waals surface area contributed by atoms with Crippen molar-refractivity contribution in [2.45, 2.75) is 25.9 Å². The van der Waals surface area contributed by atoms with E-state index in [1.54, 1.807) is 0 Å². The van der Waals surface area contributed by atoms with E-state index in [9.17, 15) is 0 Å². The third kappa shape index (κ3) is 4.15. The molecule has 7 nitrogen and oxygen atoms in total. The van der Waals surface area contributed by atoms with E-state index in [0.29, 0.717) is 12.0 Å². The molecule has 26 heavy (non-hydrogen) atoms. The Morgan fingerprint density at radius 1 is 1.38 bits per heavy atom. The largest absolute Gasteiger partial charge is 0.363 e. The molecule has 0 aromatic carbocycles. The highest BCUT2D eigenvalue weighted by atomic mass is 15.3. The number of aliphatic imine (C=N–C) groups is 1. The number of hydrogen-bond donors (Lipinski definition) is 1. The molecule has 1 saturated heterocycles. The maximum absolute atomic E-state index is 4.51. The Bertz CT molecular complexity index is 723. The van der Waals surface area contributed by atoms with E-state index >= 15 is 0 Å². The molecular weight excluding hydrogens is 326 g/mol. The minimum atomic E-state index is 0.422. The van der Waals surface area contributed by atoms with Crippen LogP contribution >= 0.6 is 0 Å². The fourth-order valence-electron chi connectivity index (χ4n) is 3.42. The molecule has 1 aliphatic rings.